The van der Waals surface area contributed by atoms with E-state index in [4.69, 9.17) is 0 Å². The lowest BCUT2D eigenvalue weighted by Crippen LogP contribution is -2.33. The highest BCUT2D eigenvalue weighted by Crippen LogP contribution is 2.19. The van der Waals surface area contributed by atoms with Crippen LogP contribution in [0.25, 0.3) is 0 Å². The van der Waals surface area contributed by atoms with Gasteiger partial charge in [0, 0.05) is 6.04 Å². The fraction of sp³-hybridized carbons (Fsp3) is 0.625. The highest BCUT2D eigenvalue weighted by molar-refractivity contribution is 5.33. The summed E-state index contributed by atoms with van der Waals surface area (Å²) in [5, 5.41) is 3.59. The summed E-state index contributed by atoms with van der Waals surface area (Å²) in [5.41, 5.74) is 4.39. The first-order valence-corrected chi connectivity index (χ1v) is 6.84. The van der Waals surface area contributed by atoms with E-state index in [9.17, 15) is 0 Å². The van der Waals surface area contributed by atoms with Gasteiger partial charge in [-0.3, -0.25) is 0 Å². The number of benzene rings is 1. The average Bonchev–Trinajstić information content (AvgIpc) is 2.30. The Morgan fingerprint density at radius 2 is 1.71 bits per heavy atom. The van der Waals surface area contributed by atoms with E-state index in [-0.39, 0.29) is 0 Å². The van der Waals surface area contributed by atoms with Gasteiger partial charge in [-0.2, -0.15) is 0 Å². The lowest BCUT2D eigenvalue weighted by molar-refractivity contribution is 0.398. The van der Waals surface area contributed by atoms with Crippen LogP contribution >= 0.6 is 0 Å². The topological polar surface area (TPSA) is 12.0 Å². The summed E-state index contributed by atoms with van der Waals surface area (Å²) in [6, 6.07) is 7.18. The van der Waals surface area contributed by atoms with Crippen LogP contribution in [0.1, 0.15) is 43.9 Å². The summed E-state index contributed by atoms with van der Waals surface area (Å²) in [6.45, 7) is 12.4. The molecule has 1 aromatic rings. The number of rotatable bonds is 6. The van der Waals surface area contributed by atoms with Gasteiger partial charge in [0.1, 0.15) is 0 Å². The predicted molar refractivity (Wildman–Crippen MR) is 76.5 cm³/mol. The fourth-order valence-corrected chi connectivity index (χ4v) is 2.24. The molecule has 2 unspecified atom stereocenters. The Bertz CT molecular complexity index is 323. The Balaban J connectivity index is 2.64. The molecule has 1 heteroatoms. The van der Waals surface area contributed by atoms with Crippen molar-refractivity contribution in [1.82, 2.24) is 5.32 Å². The van der Waals surface area contributed by atoms with Crippen molar-refractivity contribution in [1.29, 1.82) is 0 Å². The summed E-state index contributed by atoms with van der Waals surface area (Å²) in [7, 11) is 0. The van der Waals surface area contributed by atoms with Crippen molar-refractivity contribution in [3.05, 3.63) is 34.9 Å². The average molecular weight is 233 g/mol. The SMILES string of the molecule is CCCNC(C)C(C)Cc1c(C)cccc1C. The van der Waals surface area contributed by atoms with Gasteiger partial charge in [0.2, 0.25) is 0 Å². The van der Waals surface area contributed by atoms with Crippen molar-refractivity contribution in [2.24, 2.45) is 5.92 Å². The molecule has 0 spiro atoms. The minimum Gasteiger partial charge on any atom is -0.314 e. The molecule has 0 bridgehead atoms. The van der Waals surface area contributed by atoms with Crippen molar-refractivity contribution < 1.29 is 0 Å². The van der Waals surface area contributed by atoms with Gasteiger partial charge in [-0.15, -0.1) is 0 Å². The van der Waals surface area contributed by atoms with E-state index in [1.165, 1.54) is 29.5 Å². The Labute approximate surface area is 107 Å². The van der Waals surface area contributed by atoms with Crippen molar-refractivity contribution in [2.75, 3.05) is 6.54 Å². The molecule has 0 aliphatic rings. The van der Waals surface area contributed by atoms with Crippen molar-refractivity contribution in [2.45, 2.75) is 53.5 Å². The van der Waals surface area contributed by atoms with E-state index >= 15 is 0 Å². The maximum atomic E-state index is 3.59. The van der Waals surface area contributed by atoms with E-state index in [0.717, 1.165) is 6.54 Å². The third-order valence-electron chi connectivity index (χ3n) is 3.74. The van der Waals surface area contributed by atoms with Crippen LogP contribution in [-0.4, -0.2) is 12.6 Å². The second-order valence-corrected chi connectivity index (χ2v) is 5.29. The Morgan fingerprint density at radius 1 is 1.12 bits per heavy atom. The molecule has 17 heavy (non-hydrogen) atoms. The molecular formula is C16H27N. The van der Waals surface area contributed by atoms with E-state index in [0.29, 0.717) is 12.0 Å². The van der Waals surface area contributed by atoms with Crippen LogP contribution in [0.15, 0.2) is 18.2 Å². The molecule has 0 aromatic heterocycles. The van der Waals surface area contributed by atoms with Crippen molar-refractivity contribution >= 4 is 0 Å². The van der Waals surface area contributed by atoms with Gasteiger partial charge in [0.15, 0.2) is 0 Å². The molecule has 0 aliphatic heterocycles. The predicted octanol–water partition coefficient (Wildman–Crippen LogP) is 3.87. The minimum absolute atomic E-state index is 0.592. The maximum Gasteiger partial charge on any atom is 0.00675 e. The second kappa shape index (κ2) is 6.80. The smallest absolute Gasteiger partial charge is 0.00675 e. The zero-order valence-electron chi connectivity index (χ0n) is 12.0. The molecular weight excluding hydrogens is 206 g/mol. The molecule has 0 fully saturated rings. The standard InChI is InChI=1S/C16H27N/c1-6-10-17-15(5)14(4)11-16-12(2)8-7-9-13(16)3/h7-9,14-15,17H,6,10-11H2,1-5H3. The minimum atomic E-state index is 0.592. The zero-order valence-corrected chi connectivity index (χ0v) is 12.0. The largest absolute Gasteiger partial charge is 0.314 e. The van der Waals surface area contributed by atoms with E-state index in [1.54, 1.807) is 0 Å². The Hall–Kier alpha value is -0.820. The van der Waals surface area contributed by atoms with E-state index in [1.807, 2.05) is 0 Å². The Morgan fingerprint density at radius 3 is 2.24 bits per heavy atom. The summed E-state index contributed by atoms with van der Waals surface area (Å²) >= 11 is 0. The van der Waals surface area contributed by atoms with Crippen molar-refractivity contribution in [3.63, 3.8) is 0 Å². The van der Waals surface area contributed by atoms with Gasteiger partial charge in [-0.25, -0.2) is 0 Å². The van der Waals surface area contributed by atoms with Gasteiger partial charge >= 0.3 is 0 Å². The highest BCUT2D eigenvalue weighted by Gasteiger charge is 2.14. The van der Waals surface area contributed by atoms with Crippen LogP contribution in [-0.2, 0) is 6.42 Å². The van der Waals surface area contributed by atoms with Gasteiger partial charge in [0.05, 0.1) is 0 Å². The highest BCUT2D eigenvalue weighted by atomic mass is 14.9. The summed E-state index contributed by atoms with van der Waals surface area (Å²) in [5.74, 6) is 0.682. The second-order valence-electron chi connectivity index (χ2n) is 5.29. The lowest BCUT2D eigenvalue weighted by Gasteiger charge is -2.23. The number of hydrogen-bond donors (Lipinski definition) is 1. The van der Waals surface area contributed by atoms with Gasteiger partial charge in [-0.1, -0.05) is 32.0 Å². The van der Waals surface area contributed by atoms with E-state index in [2.05, 4.69) is 58.1 Å². The summed E-state index contributed by atoms with van der Waals surface area (Å²) in [4.78, 5) is 0. The number of aryl methyl sites for hydroxylation is 2. The quantitative estimate of drug-likeness (QED) is 0.786. The van der Waals surface area contributed by atoms with Crippen LogP contribution < -0.4 is 5.32 Å². The molecule has 1 rings (SSSR count). The van der Waals surface area contributed by atoms with E-state index < -0.39 is 0 Å². The van der Waals surface area contributed by atoms with Crippen LogP contribution in [0.3, 0.4) is 0 Å². The summed E-state index contributed by atoms with van der Waals surface area (Å²) < 4.78 is 0. The molecule has 0 radical (unpaired) electrons. The molecule has 1 N–H and O–H groups in total. The van der Waals surface area contributed by atoms with Crippen LogP contribution in [0.2, 0.25) is 0 Å². The molecule has 1 nitrogen and oxygen atoms in total. The van der Waals surface area contributed by atoms with Gasteiger partial charge in [0.25, 0.3) is 0 Å². The van der Waals surface area contributed by atoms with Gasteiger partial charge in [-0.05, 0) is 62.8 Å². The first kappa shape index (κ1) is 14.2. The zero-order chi connectivity index (χ0) is 12.8. The summed E-state index contributed by atoms with van der Waals surface area (Å²) in [6.07, 6.45) is 2.39. The molecule has 1 aromatic carbocycles. The molecule has 96 valence electrons. The van der Waals surface area contributed by atoms with Crippen LogP contribution in [0.5, 0.6) is 0 Å². The third-order valence-corrected chi connectivity index (χ3v) is 3.74. The molecule has 0 heterocycles. The molecule has 0 saturated heterocycles. The fourth-order valence-electron chi connectivity index (χ4n) is 2.24. The normalized spacial score (nSPS) is 14.6. The number of hydrogen-bond acceptors (Lipinski definition) is 1. The molecule has 0 aliphatic carbocycles. The molecule has 0 amide bonds. The monoisotopic (exact) mass is 233 g/mol. The van der Waals surface area contributed by atoms with Crippen molar-refractivity contribution in [3.8, 4) is 0 Å². The number of nitrogens with one attached hydrogen (secondary N) is 1. The molecule has 0 saturated carbocycles. The van der Waals surface area contributed by atoms with Crippen LogP contribution in [0, 0.1) is 19.8 Å². The third kappa shape index (κ3) is 4.16. The first-order valence-electron chi connectivity index (χ1n) is 6.84. The van der Waals surface area contributed by atoms with Gasteiger partial charge < -0.3 is 5.32 Å². The Kier molecular flexibility index (Phi) is 5.70. The molecule has 2 atom stereocenters. The lowest BCUT2D eigenvalue weighted by atomic mass is 9.90. The maximum absolute atomic E-state index is 3.59. The first-order chi connectivity index (χ1) is 8.06. The van der Waals surface area contributed by atoms with Crippen LogP contribution in [0.4, 0.5) is 0 Å².